The van der Waals surface area contributed by atoms with Crippen LogP contribution in [-0.2, 0) is 0 Å². The smallest absolute Gasteiger partial charge is 0.340 e. The summed E-state index contributed by atoms with van der Waals surface area (Å²) in [5.74, 6) is 0.714. The summed E-state index contributed by atoms with van der Waals surface area (Å²) in [6.45, 7) is 1.79. The summed E-state index contributed by atoms with van der Waals surface area (Å²) in [5, 5.41) is 12.4. The standard InChI is InChI=1S/C17H14N10O/c1-10(24-15-12(5-18)14(19)22-9-23-15)16-25-13-3-2-4-26(13)17(28)27(16)11-6-20-8-21-7-11/h2-4,6-10H,1H3,(H3,19,22,23,24). The van der Waals surface area contributed by atoms with Crippen LogP contribution in [0.15, 0.2) is 48.2 Å². The largest absolute Gasteiger partial charge is 0.382 e. The van der Waals surface area contributed by atoms with Crippen LogP contribution >= 0.6 is 0 Å². The Hall–Kier alpha value is -4.33. The van der Waals surface area contributed by atoms with E-state index in [2.05, 4.69) is 30.2 Å². The predicted octanol–water partition coefficient (Wildman–Crippen LogP) is 0.692. The normalized spacial score (nSPS) is 11.9. The molecule has 4 aromatic heterocycles. The first-order chi connectivity index (χ1) is 13.6. The van der Waals surface area contributed by atoms with Crippen LogP contribution in [0, 0.1) is 11.3 Å². The Bertz CT molecular complexity index is 1250. The summed E-state index contributed by atoms with van der Waals surface area (Å²) in [5.41, 5.74) is 6.50. The molecule has 0 aromatic carbocycles. The number of nitrogens with one attached hydrogen (secondary N) is 1. The molecule has 11 nitrogen and oxygen atoms in total. The molecule has 0 aliphatic rings. The first kappa shape index (κ1) is 17.1. The van der Waals surface area contributed by atoms with Crippen LogP contribution in [0.5, 0.6) is 0 Å². The molecule has 0 bridgehead atoms. The maximum absolute atomic E-state index is 13.0. The van der Waals surface area contributed by atoms with Crippen LogP contribution in [0.4, 0.5) is 11.6 Å². The minimum Gasteiger partial charge on any atom is -0.382 e. The van der Waals surface area contributed by atoms with E-state index in [0.29, 0.717) is 17.2 Å². The van der Waals surface area contributed by atoms with Crippen molar-refractivity contribution < 1.29 is 0 Å². The fourth-order valence-electron chi connectivity index (χ4n) is 2.83. The van der Waals surface area contributed by atoms with Crippen molar-refractivity contribution in [3.63, 3.8) is 0 Å². The summed E-state index contributed by atoms with van der Waals surface area (Å²) in [7, 11) is 0. The van der Waals surface area contributed by atoms with Crippen LogP contribution in [-0.4, -0.2) is 33.9 Å². The van der Waals surface area contributed by atoms with Gasteiger partial charge in [-0.05, 0) is 19.1 Å². The monoisotopic (exact) mass is 374 g/mol. The van der Waals surface area contributed by atoms with Gasteiger partial charge < -0.3 is 11.1 Å². The number of rotatable bonds is 4. The Balaban J connectivity index is 1.88. The molecule has 0 radical (unpaired) electrons. The van der Waals surface area contributed by atoms with Gasteiger partial charge in [0.15, 0.2) is 0 Å². The van der Waals surface area contributed by atoms with Gasteiger partial charge in [-0.3, -0.25) is 4.40 Å². The molecule has 4 rings (SSSR count). The van der Waals surface area contributed by atoms with Crippen LogP contribution in [0.2, 0.25) is 0 Å². The van der Waals surface area contributed by atoms with E-state index in [-0.39, 0.29) is 22.9 Å². The molecule has 11 heteroatoms. The van der Waals surface area contributed by atoms with Gasteiger partial charge in [-0.25, -0.2) is 34.3 Å². The van der Waals surface area contributed by atoms with Gasteiger partial charge in [0.25, 0.3) is 0 Å². The highest BCUT2D eigenvalue weighted by Crippen LogP contribution is 2.22. The first-order valence-corrected chi connectivity index (χ1v) is 8.22. The van der Waals surface area contributed by atoms with Gasteiger partial charge in [0.05, 0.1) is 24.1 Å². The first-order valence-electron chi connectivity index (χ1n) is 8.22. The zero-order chi connectivity index (χ0) is 19.7. The van der Waals surface area contributed by atoms with Crippen molar-refractivity contribution >= 4 is 17.3 Å². The average molecular weight is 374 g/mol. The van der Waals surface area contributed by atoms with Gasteiger partial charge in [0.2, 0.25) is 0 Å². The second-order valence-corrected chi connectivity index (χ2v) is 5.88. The summed E-state index contributed by atoms with van der Waals surface area (Å²) >= 11 is 0. The molecule has 4 aromatic rings. The number of fused-ring (bicyclic) bond motifs is 1. The Morgan fingerprint density at radius 3 is 2.79 bits per heavy atom. The van der Waals surface area contributed by atoms with Gasteiger partial charge in [-0.15, -0.1) is 0 Å². The van der Waals surface area contributed by atoms with E-state index in [0.717, 1.165) is 0 Å². The van der Waals surface area contributed by atoms with Gasteiger partial charge in [-0.1, -0.05) is 0 Å². The van der Waals surface area contributed by atoms with Crippen molar-refractivity contribution in [1.82, 2.24) is 33.9 Å². The predicted molar refractivity (Wildman–Crippen MR) is 99.6 cm³/mol. The SMILES string of the molecule is CC(Nc1ncnc(N)c1C#N)c1nc2cccn2c(=O)n1-c1cncnc1. The Labute approximate surface area is 158 Å². The number of aromatic nitrogens is 7. The summed E-state index contributed by atoms with van der Waals surface area (Å²) in [6, 6.07) is 4.93. The summed E-state index contributed by atoms with van der Waals surface area (Å²) in [6.07, 6.45) is 7.30. The van der Waals surface area contributed by atoms with E-state index in [4.69, 9.17) is 5.73 Å². The van der Waals surface area contributed by atoms with E-state index in [9.17, 15) is 10.1 Å². The lowest BCUT2D eigenvalue weighted by molar-refractivity contribution is 0.691. The zero-order valence-electron chi connectivity index (χ0n) is 14.7. The maximum atomic E-state index is 13.0. The molecule has 0 aliphatic heterocycles. The molecule has 28 heavy (non-hydrogen) atoms. The lowest BCUT2D eigenvalue weighted by Gasteiger charge is -2.19. The molecule has 4 heterocycles. The lowest BCUT2D eigenvalue weighted by Crippen LogP contribution is -2.31. The highest BCUT2D eigenvalue weighted by atomic mass is 16.1. The molecular weight excluding hydrogens is 360 g/mol. The van der Waals surface area contributed by atoms with Gasteiger partial charge in [0.1, 0.15) is 47.4 Å². The number of hydrogen-bond donors (Lipinski definition) is 2. The van der Waals surface area contributed by atoms with Gasteiger partial charge in [-0.2, -0.15) is 5.26 Å². The van der Waals surface area contributed by atoms with Crippen molar-refractivity contribution in [3.8, 4) is 11.8 Å². The maximum Gasteiger partial charge on any atom is 0.340 e. The fraction of sp³-hybridized carbons (Fsp3) is 0.118. The van der Waals surface area contributed by atoms with Gasteiger partial charge in [0, 0.05) is 6.20 Å². The molecule has 0 fully saturated rings. The number of nitriles is 1. The zero-order valence-corrected chi connectivity index (χ0v) is 14.7. The molecule has 3 N–H and O–H groups in total. The number of nitrogens with zero attached hydrogens (tertiary/aromatic N) is 8. The van der Waals surface area contributed by atoms with Crippen molar-refractivity contribution in [1.29, 1.82) is 5.26 Å². The van der Waals surface area contributed by atoms with Gasteiger partial charge >= 0.3 is 5.69 Å². The van der Waals surface area contributed by atoms with Crippen molar-refractivity contribution in [2.45, 2.75) is 13.0 Å². The van der Waals surface area contributed by atoms with E-state index < -0.39 is 6.04 Å². The number of nitrogen functional groups attached to an aromatic ring is 1. The quantitative estimate of drug-likeness (QED) is 0.525. The van der Waals surface area contributed by atoms with E-state index >= 15 is 0 Å². The van der Waals surface area contributed by atoms with Crippen LogP contribution in [0.25, 0.3) is 11.3 Å². The van der Waals surface area contributed by atoms with Crippen LogP contribution in [0.3, 0.4) is 0 Å². The molecule has 138 valence electrons. The third-order valence-corrected chi connectivity index (χ3v) is 4.12. The Morgan fingerprint density at radius 1 is 1.25 bits per heavy atom. The lowest BCUT2D eigenvalue weighted by atomic mass is 10.2. The van der Waals surface area contributed by atoms with Crippen molar-refractivity contribution in [3.05, 3.63) is 65.3 Å². The number of anilines is 2. The molecule has 0 saturated heterocycles. The Kier molecular flexibility index (Phi) is 4.13. The summed E-state index contributed by atoms with van der Waals surface area (Å²) < 4.78 is 2.83. The minimum absolute atomic E-state index is 0.0658. The van der Waals surface area contributed by atoms with Crippen molar-refractivity contribution in [2.24, 2.45) is 0 Å². The topological polar surface area (TPSA) is 153 Å². The molecule has 0 spiro atoms. The van der Waals surface area contributed by atoms with E-state index in [1.807, 2.05) is 6.07 Å². The van der Waals surface area contributed by atoms with E-state index in [1.165, 1.54) is 34.0 Å². The third kappa shape index (κ3) is 2.78. The highest BCUT2D eigenvalue weighted by Gasteiger charge is 2.20. The second kappa shape index (κ2) is 6.76. The third-order valence-electron chi connectivity index (χ3n) is 4.12. The fourth-order valence-corrected chi connectivity index (χ4v) is 2.83. The number of hydrogen-bond acceptors (Lipinski definition) is 9. The molecular formula is C17H14N10O. The average Bonchev–Trinajstić information content (AvgIpc) is 3.18. The molecule has 1 atom stereocenters. The molecule has 0 aliphatic carbocycles. The van der Waals surface area contributed by atoms with Crippen LogP contribution < -0.4 is 16.7 Å². The minimum atomic E-state index is -0.505. The second-order valence-electron chi connectivity index (χ2n) is 5.88. The van der Waals surface area contributed by atoms with Crippen molar-refractivity contribution in [2.75, 3.05) is 11.1 Å². The molecule has 0 amide bonds. The number of nitrogens with two attached hydrogens (primary N) is 1. The Morgan fingerprint density at radius 2 is 2.04 bits per heavy atom. The molecule has 0 saturated carbocycles. The highest BCUT2D eigenvalue weighted by molar-refractivity contribution is 5.62. The van der Waals surface area contributed by atoms with Crippen LogP contribution in [0.1, 0.15) is 24.4 Å². The van der Waals surface area contributed by atoms with E-state index in [1.54, 1.807) is 25.3 Å². The summed E-state index contributed by atoms with van der Waals surface area (Å²) in [4.78, 5) is 33.5. The molecule has 1 unspecified atom stereocenters.